The van der Waals surface area contributed by atoms with Crippen LogP contribution in [-0.2, 0) is 9.53 Å². The number of nitrogens with one attached hydrogen (secondary N) is 2. The van der Waals surface area contributed by atoms with Crippen molar-refractivity contribution in [3.05, 3.63) is 0 Å². The Morgan fingerprint density at radius 2 is 2.36 bits per heavy atom. The Morgan fingerprint density at radius 1 is 1.45 bits per heavy atom. The molecule has 2 aliphatic rings. The largest absolute Gasteiger partial charge is 0.362 e. The first-order valence-corrected chi connectivity index (χ1v) is 3.92. The molecule has 2 saturated heterocycles. The van der Waals surface area contributed by atoms with Gasteiger partial charge in [-0.2, -0.15) is 0 Å². The van der Waals surface area contributed by atoms with Crippen LogP contribution in [0.5, 0.6) is 0 Å². The quantitative estimate of drug-likeness (QED) is 0.466. The monoisotopic (exact) mass is 156 g/mol. The van der Waals surface area contributed by atoms with Gasteiger partial charge in [-0.25, -0.2) is 0 Å². The second-order valence-corrected chi connectivity index (χ2v) is 3.18. The first-order chi connectivity index (χ1) is 5.31. The highest BCUT2D eigenvalue weighted by atomic mass is 16.5. The van der Waals surface area contributed by atoms with E-state index in [4.69, 9.17) is 4.74 Å². The summed E-state index contributed by atoms with van der Waals surface area (Å²) in [5, 5.41) is 6.03. The molecule has 1 amide bonds. The Balaban J connectivity index is 1.99. The van der Waals surface area contributed by atoms with Crippen LogP contribution < -0.4 is 10.6 Å². The number of rotatable bonds is 0. The van der Waals surface area contributed by atoms with E-state index in [0.717, 1.165) is 19.5 Å². The maximum atomic E-state index is 10.7. The van der Waals surface area contributed by atoms with Gasteiger partial charge in [0.1, 0.15) is 6.61 Å². The molecular weight excluding hydrogens is 144 g/mol. The molecule has 0 aromatic rings. The van der Waals surface area contributed by atoms with Gasteiger partial charge in [-0.1, -0.05) is 0 Å². The number of hydrogen-bond acceptors (Lipinski definition) is 3. The average Bonchev–Trinajstić information content (AvgIpc) is 2.45. The summed E-state index contributed by atoms with van der Waals surface area (Å²) in [6, 6.07) is 0. The molecule has 1 unspecified atom stereocenters. The minimum absolute atomic E-state index is 0.00234. The molecule has 2 fully saturated rings. The molecule has 4 nitrogen and oxygen atoms in total. The fourth-order valence-electron chi connectivity index (χ4n) is 1.58. The Kier molecular flexibility index (Phi) is 1.58. The summed E-state index contributed by atoms with van der Waals surface area (Å²) in [5.74, 6) is 0.00234. The predicted molar refractivity (Wildman–Crippen MR) is 39.2 cm³/mol. The van der Waals surface area contributed by atoms with Gasteiger partial charge >= 0.3 is 0 Å². The molecule has 0 aromatic carbocycles. The van der Waals surface area contributed by atoms with Crippen LogP contribution in [-0.4, -0.2) is 37.7 Å². The van der Waals surface area contributed by atoms with Crippen molar-refractivity contribution in [3.63, 3.8) is 0 Å². The van der Waals surface area contributed by atoms with Crippen molar-refractivity contribution in [2.24, 2.45) is 0 Å². The Bertz CT molecular complexity index is 163. The third-order valence-electron chi connectivity index (χ3n) is 2.32. The highest BCUT2D eigenvalue weighted by molar-refractivity contribution is 5.78. The van der Waals surface area contributed by atoms with E-state index in [-0.39, 0.29) is 18.1 Å². The predicted octanol–water partition coefficient (Wildman–Crippen LogP) is -1.14. The van der Waals surface area contributed by atoms with E-state index in [9.17, 15) is 4.79 Å². The molecule has 0 bridgehead atoms. The van der Waals surface area contributed by atoms with E-state index >= 15 is 0 Å². The van der Waals surface area contributed by atoms with Crippen LogP contribution in [0.1, 0.15) is 6.42 Å². The van der Waals surface area contributed by atoms with Crippen LogP contribution in [0.3, 0.4) is 0 Å². The molecule has 1 spiro atoms. The van der Waals surface area contributed by atoms with Crippen LogP contribution in [0.25, 0.3) is 0 Å². The zero-order chi connectivity index (χ0) is 7.73. The maximum Gasteiger partial charge on any atom is 0.246 e. The van der Waals surface area contributed by atoms with Crippen LogP contribution in [0.4, 0.5) is 0 Å². The lowest BCUT2D eigenvalue weighted by molar-refractivity contribution is -0.141. The third kappa shape index (κ3) is 1.23. The smallest absolute Gasteiger partial charge is 0.246 e. The van der Waals surface area contributed by atoms with E-state index in [2.05, 4.69) is 10.6 Å². The first kappa shape index (κ1) is 7.06. The molecule has 2 heterocycles. The van der Waals surface area contributed by atoms with Crippen LogP contribution in [0.15, 0.2) is 0 Å². The summed E-state index contributed by atoms with van der Waals surface area (Å²) in [7, 11) is 0. The van der Waals surface area contributed by atoms with E-state index in [0.29, 0.717) is 6.54 Å². The standard InChI is InChI=1S/C7H12N2O2/c10-6-3-11-7(5-9-6)1-2-8-4-7/h8H,1-5H2,(H,9,10). The van der Waals surface area contributed by atoms with Crippen molar-refractivity contribution in [1.82, 2.24) is 10.6 Å². The van der Waals surface area contributed by atoms with E-state index in [1.807, 2.05) is 0 Å². The van der Waals surface area contributed by atoms with Crippen molar-refractivity contribution in [2.45, 2.75) is 12.0 Å². The third-order valence-corrected chi connectivity index (χ3v) is 2.32. The molecule has 62 valence electrons. The topological polar surface area (TPSA) is 50.4 Å². The number of hydrogen-bond donors (Lipinski definition) is 2. The molecule has 0 aliphatic carbocycles. The number of amides is 1. The van der Waals surface area contributed by atoms with Gasteiger partial charge in [0.15, 0.2) is 0 Å². The lowest BCUT2D eigenvalue weighted by Gasteiger charge is -2.32. The van der Waals surface area contributed by atoms with Crippen LogP contribution >= 0.6 is 0 Å². The molecule has 2 aliphatic heterocycles. The molecule has 0 radical (unpaired) electrons. The molecule has 0 aromatic heterocycles. The summed E-state index contributed by atoms with van der Waals surface area (Å²) in [5.41, 5.74) is -0.0894. The highest BCUT2D eigenvalue weighted by Crippen LogP contribution is 2.20. The molecule has 1 atom stereocenters. The van der Waals surface area contributed by atoms with Crippen molar-refractivity contribution in [2.75, 3.05) is 26.2 Å². The zero-order valence-corrected chi connectivity index (χ0v) is 6.35. The van der Waals surface area contributed by atoms with Crippen molar-refractivity contribution in [1.29, 1.82) is 0 Å². The van der Waals surface area contributed by atoms with Crippen molar-refractivity contribution >= 4 is 5.91 Å². The molecule has 11 heavy (non-hydrogen) atoms. The molecule has 2 rings (SSSR count). The zero-order valence-electron chi connectivity index (χ0n) is 6.35. The van der Waals surface area contributed by atoms with Gasteiger partial charge < -0.3 is 15.4 Å². The van der Waals surface area contributed by atoms with Gasteiger partial charge in [0.2, 0.25) is 5.91 Å². The lowest BCUT2D eigenvalue weighted by Crippen LogP contribution is -2.53. The summed E-state index contributed by atoms with van der Waals surface area (Å²) in [6.45, 7) is 2.75. The molecule has 0 saturated carbocycles. The Labute approximate surface area is 65.3 Å². The molecule has 2 N–H and O–H groups in total. The van der Waals surface area contributed by atoms with Gasteiger partial charge in [0.05, 0.1) is 5.60 Å². The Morgan fingerprint density at radius 3 is 2.91 bits per heavy atom. The SMILES string of the molecule is O=C1COC2(CCNC2)CN1. The summed E-state index contributed by atoms with van der Waals surface area (Å²) in [4.78, 5) is 10.7. The minimum Gasteiger partial charge on any atom is -0.362 e. The number of morpholine rings is 1. The number of carbonyl (C=O) groups excluding carboxylic acids is 1. The summed E-state index contributed by atoms with van der Waals surface area (Å²) >= 11 is 0. The second kappa shape index (κ2) is 2.46. The van der Waals surface area contributed by atoms with Gasteiger partial charge in [-0.3, -0.25) is 4.79 Å². The van der Waals surface area contributed by atoms with Crippen molar-refractivity contribution < 1.29 is 9.53 Å². The second-order valence-electron chi connectivity index (χ2n) is 3.18. The van der Waals surface area contributed by atoms with Crippen molar-refractivity contribution in [3.8, 4) is 0 Å². The Hall–Kier alpha value is -0.610. The average molecular weight is 156 g/mol. The van der Waals surface area contributed by atoms with Gasteiger partial charge in [-0.15, -0.1) is 0 Å². The van der Waals surface area contributed by atoms with Gasteiger partial charge in [-0.05, 0) is 13.0 Å². The lowest BCUT2D eigenvalue weighted by atomic mass is 10.0. The molecule has 4 heteroatoms. The highest BCUT2D eigenvalue weighted by Gasteiger charge is 2.38. The maximum absolute atomic E-state index is 10.7. The van der Waals surface area contributed by atoms with Crippen LogP contribution in [0, 0.1) is 0 Å². The van der Waals surface area contributed by atoms with E-state index < -0.39 is 0 Å². The van der Waals surface area contributed by atoms with E-state index in [1.54, 1.807) is 0 Å². The van der Waals surface area contributed by atoms with Gasteiger partial charge in [0.25, 0.3) is 0 Å². The van der Waals surface area contributed by atoms with Crippen LogP contribution in [0.2, 0.25) is 0 Å². The summed E-state index contributed by atoms with van der Waals surface area (Å²) < 4.78 is 5.46. The molecular formula is C7H12N2O2. The number of ether oxygens (including phenoxy) is 1. The number of carbonyl (C=O) groups is 1. The van der Waals surface area contributed by atoms with E-state index in [1.165, 1.54) is 0 Å². The minimum atomic E-state index is -0.0894. The fourth-order valence-corrected chi connectivity index (χ4v) is 1.58. The first-order valence-electron chi connectivity index (χ1n) is 3.92. The fraction of sp³-hybridized carbons (Fsp3) is 0.857. The summed E-state index contributed by atoms with van der Waals surface area (Å²) in [6.07, 6.45) is 1.01. The van der Waals surface area contributed by atoms with Gasteiger partial charge in [0, 0.05) is 13.1 Å². The normalized spacial score (nSPS) is 37.6.